The Morgan fingerprint density at radius 1 is 1.06 bits per heavy atom. The molecule has 1 aliphatic rings. The number of terminal acetylenes is 1. The van der Waals surface area contributed by atoms with Gasteiger partial charge in [0.25, 0.3) is 0 Å². The predicted octanol–water partition coefficient (Wildman–Crippen LogP) is 3.54. The van der Waals surface area contributed by atoms with Gasteiger partial charge in [-0.15, -0.1) is 6.42 Å². The number of nitrogens with zero attached hydrogens (tertiary/aromatic N) is 1. The zero-order chi connectivity index (χ0) is 24.7. The van der Waals surface area contributed by atoms with Crippen molar-refractivity contribution < 1.29 is 19.1 Å². The highest BCUT2D eigenvalue weighted by Crippen LogP contribution is 2.35. The molecule has 3 rings (SSSR count). The zero-order valence-electron chi connectivity index (χ0n) is 19.8. The monoisotopic (exact) mass is 461 g/mol. The highest BCUT2D eigenvalue weighted by molar-refractivity contribution is 5.91. The first-order chi connectivity index (χ1) is 16.2. The van der Waals surface area contributed by atoms with Crippen molar-refractivity contribution in [2.24, 2.45) is 0 Å². The Balaban J connectivity index is 1.81. The summed E-state index contributed by atoms with van der Waals surface area (Å²) in [7, 11) is 0. The molecule has 1 aliphatic carbocycles. The largest absolute Gasteiger partial charge is 0.444 e. The van der Waals surface area contributed by atoms with Crippen LogP contribution in [0.15, 0.2) is 54.6 Å². The molecular formula is C27H31N3O4. The van der Waals surface area contributed by atoms with E-state index in [0.717, 1.165) is 18.4 Å². The van der Waals surface area contributed by atoms with E-state index in [-0.39, 0.29) is 24.4 Å². The van der Waals surface area contributed by atoms with Crippen LogP contribution < -0.4 is 10.6 Å². The number of carbonyl (C=O) groups is 3. The summed E-state index contributed by atoms with van der Waals surface area (Å²) in [6, 6.07) is 15.7. The summed E-state index contributed by atoms with van der Waals surface area (Å²) in [6.45, 7) is 5.31. The van der Waals surface area contributed by atoms with Gasteiger partial charge in [0.05, 0.1) is 0 Å². The maximum atomic E-state index is 13.4. The van der Waals surface area contributed by atoms with Crippen molar-refractivity contribution in [1.82, 2.24) is 15.5 Å². The lowest BCUT2D eigenvalue weighted by Crippen LogP contribution is -2.48. The zero-order valence-corrected chi connectivity index (χ0v) is 19.8. The van der Waals surface area contributed by atoms with Gasteiger partial charge in [-0.3, -0.25) is 9.59 Å². The molecule has 1 atom stereocenters. The molecule has 1 saturated carbocycles. The maximum Gasteiger partial charge on any atom is 0.408 e. The minimum Gasteiger partial charge on any atom is -0.444 e. The van der Waals surface area contributed by atoms with Gasteiger partial charge in [0.2, 0.25) is 11.8 Å². The van der Waals surface area contributed by atoms with Crippen LogP contribution in [-0.4, -0.2) is 41.0 Å². The summed E-state index contributed by atoms with van der Waals surface area (Å²) < 4.78 is 5.23. The van der Waals surface area contributed by atoms with Crippen LogP contribution in [0.25, 0.3) is 0 Å². The van der Waals surface area contributed by atoms with Crippen LogP contribution in [0.3, 0.4) is 0 Å². The highest BCUT2D eigenvalue weighted by atomic mass is 16.6. The fourth-order valence-electron chi connectivity index (χ4n) is 3.55. The lowest BCUT2D eigenvalue weighted by atomic mass is 10.0. The standard InChI is InChI=1S/C27H31N3O4/c1-5-19-11-13-21(14-12-19)24(25(32)28-17-20-9-7-6-8-10-20)30(22-15-16-22)23(31)18-29-26(33)34-27(2,3)4/h1,6-14,22,24H,15-18H2,2-4H3,(H,28,32)(H,29,33). The Bertz CT molecular complexity index is 1050. The van der Waals surface area contributed by atoms with E-state index in [1.54, 1.807) is 49.9 Å². The summed E-state index contributed by atoms with van der Waals surface area (Å²) in [6.07, 6.45) is 6.39. The van der Waals surface area contributed by atoms with Crippen LogP contribution in [-0.2, 0) is 20.9 Å². The van der Waals surface area contributed by atoms with E-state index in [1.807, 2.05) is 30.3 Å². The molecule has 0 radical (unpaired) electrons. The van der Waals surface area contributed by atoms with E-state index < -0.39 is 17.7 Å². The third kappa shape index (κ3) is 7.11. The van der Waals surface area contributed by atoms with Crippen LogP contribution in [0.2, 0.25) is 0 Å². The molecule has 7 heteroatoms. The van der Waals surface area contributed by atoms with Gasteiger partial charge in [-0.2, -0.15) is 0 Å². The molecule has 0 aliphatic heterocycles. The van der Waals surface area contributed by atoms with E-state index in [9.17, 15) is 14.4 Å². The number of hydrogen-bond acceptors (Lipinski definition) is 4. The molecule has 7 nitrogen and oxygen atoms in total. The lowest BCUT2D eigenvalue weighted by Gasteiger charge is -2.32. The Hall–Kier alpha value is -3.79. The summed E-state index contributed by atoms with van der Waals surface area (Å²) in [5, 5.41) is 5.47. The van der Waals surface area contributed by atoms with Crippen molar-refractivity contribution in [3.63, 3.8) is 0 Å². The van der Waals surface area contributed by atoms with Crippen molar-refractivity contribution in [3.05, 3.63) is 71.3 Å². The van der Waals surface area contributed by atoms with Crippen LogP contribution in [0.4, 0.5) is 4.79 Å². The molecule has 0 bridgehead atoms. The van der Waals surface area contributed by atoms with E-state index in [2.05, 4.69) is 16.6 Å². The molecular weight excluding hydrogens is 430 g/mol. The topological polar surface area (TPSA) is 87.7 Å². The second kappa shape index (κ2) is 10.9. The fourth-order valence-corrected chi connectivity index (χ4v) is 3.55. The quantitative estimate of drug-likeness (QED) is 0.589. The second-order valence-electron chi connectivity index (χ2n) is 9.26. The Morgan fingerprint density at radius 3 is 2.26 bits per heavy atom. The van der Waals surface area contributed by atoms with Gasteiger partial charge < -0.3 is 20.3 Å². The van der Waals surface area contributed by atoms with E-state index >= 15 is 0 Å². The molecule has 178 valence electrons. The van der Waals surface area contributed by atoms with Crippen molar-refractivity contribution in [1.29, 1.82) is 0 Å². The normalized spacial score (nSPS) is 13.8. The SMILES string of the molecule is C#Cc1ccc(C(C(=O)NCc2ccccc2)N(C(=O)CNC(=O)OC(C)(C)C)C2CC2)cc1. The van der Waals surface area contributed by atoms with Crippen molar-refractivity contribution in [3.8, 4) is 12.3 Å². The molecule has 3 amide bonds. The van der Waals surface area contributed by atoms with E-state index in [4.69, 9.17) is 11.2 Å². The molecule has 0 aromatic heterocycles. The number of amides is 3. The molecule has 0 saturated heterocycles. The number of nitrogens with one attached hydrogen (secondary N) is 2. The molecule has 1 fully saturated rings. The second-order valence-corrected chi connectivity index (χ2v) is 9.26. The molecule has 0 heterocycles. The van der Waals surface area contributed by atoms with Gasteiger partial charge >= 0.3 is 6.09 Å². The number of ether oxygens (including phenoxy) is 1. The summed E-state index contributed by atoms with van der Waals surface area (Å²) in [5.74, 6) is 1.92. The van der Waals surface area contributed by atoms with Gasteiger partial charge in [-0.1, -0.05) is 48.4 Å². The summed E-state index contributed by atoms with van der Waals surface area (Å²) in [4.78, 5) is 40.3. The van der Waals surface area contributed by atoms with E-state index in [1.165, 1.54) is 0 Å². The predicted molar refractivity (Wildman–Crippen MR) is 130 cm³/mol. The van der Waals surface area contributed by atoms with Crippen LogP contribution in [0.5, 0.6) is 0 Å². The number of rotatable bonds is 8. The summed E-state index contributed by atoms with van der Waals surface area (Å²) >= 11 is 0. The highest BCUT2D eigenvalue weighted by Gasteiger charge is 2.41. The first-order valence-corrected chi connectivity index (χ1v) is 11.3. The van der Waals surface area contributed by atoms with E-state index in [0.29, 0.717) is 17.7 Å². The average Bonchev–Trinajstić information content (AvgIpc) is 3.64. The lowest BCUT2D eigenvalue weighted by molar-refractivity contribution is -0.141. The van der Waals surface area contributed by atoms with Crippen LogP contribution in [0, 0.1) is 12.3 Å². The van der Waals surface area contributed by atoms with Crippen LogP contribution >= 0.6 is 0 Å². The first-order valence-electron chi connectivity index (χ1n) is 11.3. The van der Waals surface area contributed by atoms with Gasteiger partial charge in [-0.05, 0) is 56.9 Å². The van der Waals surface area contributed by atoms with Crippen molar-refractivity contribution >= 4 is 17.9 Å². The van der Waals surface area contributed by atoms with Crippen molar-refractivity contribution in [2.75, 3.05) is 6.54 Å². The first kappa shape index (κ1) is 24.8. The van der Waals surface area contributed by atoms with Crippen LogP contribution in [0.1, 0.15) is 56.3 Å². The van der Waals surface area contributed by atoms with Gasteiger partial charge in [0.15, 0.2) is 0 Å². The Labute approximate surface area is 200 Å². The smallest absolute Gasteiger partial charge is 0.408 e. The van der Waals surface area contributed by atoms with Gasteiger partial charge in [-0.25, -0.2) is 4.79 Å². The molecule has 1 unspecified atom stereocenters. The third-order valence-corrected chi connectivity index (χ3v) is 5.24. The number of alkyl carbamates (subject to hydrolysis) is 1. The molecule has 2 aromatic carbocycles. The minimum absolute atomic E-state index is 0.0762. The Morgan fingerprint density at radius 2 is 1.71 bits per heavy atom. The Kier molecular flexibility index (Phi) is 7.95. The number of hydrogen-bond donors (Lipinski definition) is 2. The van der Waals surface area contributed by atoms with Gasteiger partial charge in [0.1, 0.15) is 18.2 Å². The number of carbonyl (C=O) groups excluding carboxylic acids is 3. The number of benzene rings is 2. The van der Waals surface area contributed by atoms with Gasteiger partial charge in [0, 0.05) is 18.2 Å². The maximum absolute atomic E-state index is 13.4. The van der Waals surface area contributed by atoms with Crippen molar-refractivity contribution in [2.45, 2.75) is 57.8 Å². The third-order valence-electron chi connectivity index (χ3n) is 5.24. The minimum atomic E-state index is -0.851. The summed E-state index contributed by atoms with van der Waals surface area (Å²) in [5.41, 5.74) is 1.61. The molecule has 2 aromatic rings. The molecule has 34 heavy (non-hydrogen) atoms. The average molecular weight is 462 g/mol. The molecule has 2 N–H and O–H groups in total. The molecule has 0 spiro atoms. The fraction of sp³-hybridized carbons (Fsp3) is 0.370.